The van der Waals surface area contributed by atoms with Gasteiger partial charge in [-0.2, -0.15) is 0 Å². The summed E-state index contributed by atoms with van der Waals surface area (Å²) >= 11 is 0. The van der Waals surface area contributed by atoms with Gasteiger partial charge in [0.25, 0.3) is 0 Å². The molecular weight excluding hydrogens is 184 g/mol. The van der Waals surface area contributed by atoms with Gasteiger partial charge in [0.15, 0.2) is 0 Å². The van der Waals surface area contributed by atoms with Crippen LogP contribution in [0.4, 0.5) is 0 Å². The Labute approximate surface area is 95.2 Å². The molecule has 1 atom stereocenters. The Hall–Kier alpha value is -0.0800. The van der Waals surface area contributed by atoms with E-state index in [1.165, 1.54) is 6.42 Å². The highest BCUT2D eigenvalue weighted by Gasteiger charge is 2.64. The van der Waals surface area contributed by atoms with Gasteiger partial charge in [0.05, 0.1) is 0 Å². The first-order chi connectivity index (χ1) is 6.84. The van der Waals surface area contributed by atoms with Crippen LogP contribution >= 0.6 is 0 Å². The van der Waals surface area contributed by atoms with Crippen molar-refractivity contribution in [3.63, 3.8) is 0 Å². The normalized spacial score (nSPS) is 25.2. The molecule has 2 N–H and O–H groups in total. The van der Waals surface area contributed by atoms with Crippen molar-refractivity contribution < 1.29 is 0 Å². The first-order valence-corrected chi connectivity index (χ1v) is 6.30. The molecule has 0 amide bonds. The molecule has 1 rings (SSSR count). The van der Waals surface area contributed by atoms with E-state index in [0.29, 0.717) is 22.9 Å². The Kier molecular flexibility index (Phi) is 3.83. The van der Waals surface area contributed by atoms with Crippen LogP contribution in [0, 0.1) is 10.8 Å². The van der Waals surface area contributed by atoms with Crippen molar-refractivity contribution in [2.45, 2.75) is 60.0 Å². The number of hydrogen-bond acceptors (Lipinski definition) is 2. The van der Waals surface area contributed by atoms with Crippen molar-refractivity contribution in [3.05, 3.63) is 0 Å². The maximum Gasteiger partial charge on any atom is 0.0181 e. The molecule has 0 radical (unpaired) electrons. The van der Waals surface area contributed by atoms with Crippen LogP contribution in [0.1, 0.15) is 48.0 Å². The summed E-state index contributed by atoms with van der Waals surface area (Å²) in [6, 6.07) is 1.33. The van der Waals surface area contributed by atoms with E-state index in [1.807, 2.05) is 0 Å². The summed E-state index contributed by atoms with van der Waals surface area (Å²) in [6.45, 7) is 16.0. The summed E-state index contributed by atoms with van der Waals surface area (Å²) in [4.78, 5) is 0. The summed E-state index contributed by atoms with van der Waals surface area (Å²) in [7, 11) is 0. The molecule has 15 heavy (non-hydrogen) atoms. The molecule has 1 aliphatic carbocycles. The van der Waals surface area contributed by atoms with Gasteiger partial charge in [-0.05, 0) is 24.2 Å². The molecule has 2 nitrogen and oxygen atoms in total. The molecule has 1 unspecified atom stereocenters. The highest BCUT2D eigenvalue weighted by molar-refractivity contribution is 5.17. The van der Waals surface area contributed by atoms with Crippen LogP contribution in [0.2, 0.25) is 0 Å². The Morgan fingerprint density at radius 1 is 1.07 bits per heavy atom. The lowest BCUT2D eigenvalue weighted by Gasteiger charge is -2.12. The van der Waals surface area contributed by atoms with Crippen LogP contribution in [0.3, 0.4) is 0 Å². The smallest absolute Gasteiger partial charge is 0.0181 e. The standard InChI is InChI=1S/C13H28N2/c1-7-10(2)14-8-9-15-11-12(3,4)13(11,5)6/h10-11,14-15H,7-9H2,1-6H3. The fourth-order valence-electron chi connectivity index (χ4n) is 2.39. The summed E-state index contributed by atoms with van der Waals surface area (Å²) in [5.41, 5.74) is 0.923. The second-order valence-corrected chi connectivity index (χ2v) is 6.09. The van der Waals surface area contributed by atoms with E-state index < -0.39 is 0 Å². The monoisotopic (exact) mass is 212 g/mol. The van der Waals surface area contributed by atoms with Crippen molar-refractivity contribution in [1.82, 2.24) is 10.6 Å². The third kappa shape index (κ3) is 2.54. The average Bonchev–Trinajstić information content (AvgIpc) is 2.53. The molecule has 0 spiro atoms. The maximum absolute atomic E-state index is 3.65. The second-order valence-electron chi connectivity index (χ2n) is 6.09. The molecule has 1 fully saturated rings. The van der Waals surface area contributed by atoms with E-state index in [4.69, 9.17) is 0 Å². The Morgan fingerprint density at radius 2 is 1.60 bits per heavy atom. The zero-order chi connectivity index (χ0) is 11.7. The molecule has 0 aromatic heterocycles. The average molecular weight is 212 g/mol. The third-order valence-corrected chi connectivity index (χ3v) is 4.60. The summed E-state index contributed by atoms with van der Waals surface area (Å²) in [5, 5.41) is 7.16. The summed E-state index contributed by atoms with van der Waals surface area (Å²) < 4.78 is 0. The van der Waals surface area contributed by atoms with Gasteiger partial charge in [-0.25, -0.2) is 0 Å². The quantitative estimate of drug-likeness (QED) is 0.661. The molecule has 0 heterocycles. The largest absolute Gasteiger partial charge is 0.313 e. The van der Waals surface area contributed by atoms with Crippen LogP contribution in [0.5, 0.6) is 0 Å². The van der Waals surface area contributed by atoms with Crippen molar-refractivity contribution in [2.75, 3.05) is 13.1 Å². The van der Waals surface area contributed by atoms with E-state index in [1.54, 1.807) is 0 Å². The van der Waals surface area contributed by atoms with E-state index in [-0.39, 0.29) is 0 Å². The zero-order valence-corrected chi connectivity index (χ0v) is 11.3. The predicted octanol–water partition coefficient (Wildman–Crippen LogP) is 2.40. The lowest BCUT2D eigenvalue weighted by Crippen LogP contribution is -2.35. The van der Waals surface area contributed by atoms with Gasteiger partial charge < -0.3 is 10.6 Å². The highest BCUT2D eigenvalue weighted by Crippen LogP contribution is 2.62. The number of nitrogens with one attached hydrogen (secondary N) is 2. The Bertz CT molecular complexity index is 195. The molecule has 1 aliphatic rings. The first-order valence-electron chi connectivity index (χ1n) is 6.30. The van der Waals surface area contributed by atoms with Crippen LogP contribution in [0.25, 0.3) is 0 Å². The maximum atomic E-state index is 3.65. The first kappa shape index (κ1) is 13.0. The number of hydrogen-bond donors (Lipinski definition) is 2. The SMILES string of the molecule is CCC(C)NCCNC1C(C)(C)C1(C)C. The van der Waals surface area contributed by atoms with Crippen LogP contribution < -0.4 is 10.6 Å². The molecule has 1 saturated carbocycles. The predicted molar refractivity (Wildman–Crippen MR) is 67.1 cm³/mol. The van der Waals surface area contributed by atoms with Gasteiger partial charge in [0.2, 0.25) is 0 Å². The van der Waals surface area contributed by atoms with E-state index in [9.17, 15) is 0 Å². The van der Waals surface area contributed by atoms with Crippen LogP contribution in [0.15, 0.2) is 0 Å². The van der Waals surface area contributed by atoms with Gasteiger partial charge >= 0.3 is 0 Å². The minimum absolute atomic E-state index is 0.462. The molecule has 0 aliphatic heterocycles. The van der Waals surface area contributed by atoms with Gasteiger partial charge in [-0.1, -0.05) is 34.6 Å². The molecule has 0 aromatic carbocycles. The van der Waals surface area contributed by atoms with E-state index in [0.717, 1.165) is 13.1 Å². The zero-order valence-electron chi connectivity index (χ0n) is 11.3. The van der Waals surface area contributed by atoms with Crippen molar-refractivity contribution >= 4 is 0 Å². The molecular formula is C13H28N2. The van der Waals surface area contributed by atoms with Crippen molar-refractivity contribution in [1.29, 1.82) is 0 Å². The fourth-order valence-corrected chi connectivity index (χ4v) is 2.39. The molecule has 0 bridgehead atoms. The molecule has 2 heteroatoms. The number of rotatable bonds is 6. The molecule has 0 saturated heterocycles. The highest BCUT2D eigenvalue weighted by atomic mass is 15.1. The van der Waals surface area contributed by atoms with Crippen molar-refractivity contribution in [2.24, 2.45) is 10.8 Å². The van der Waals surface area contributed by atoms with Gasteiger partial charge in [-0.15, -0.1) is 0 Å². The second kappa shape index (κ2) is 4.42. The topological polar surface area (TPSA) is 24.1 Å². The Morgan fingerprint density at radius 3 is 2.00 bits per heavy atom. The fraction of sp³-hybridized carbons (Fsp3) is 1.00. The van der Waals surface area contributed by atoms with Gasteiger partial charge in [-0.3, -0.25) is 0 Å². The van der Waals surface area contributed by atoms with Gasteiger partial charge in [0, 0.05) is 25.2 Å². The van der Waals surface area contributed by atoms with Crippen molar-refractivity contribution in [3.8, 4) is 0 Å². The summed E-state index contributed by atoms with van der Waals surface area (Å²) in [6.07, 6.45) is 1.21. The summed E-state index contributed by atoms with van der Waals surface area (Å²) in [5.74, 6) is 0. The third-order valence-electron chi connectivity index (χ3n) is 4.60. The minimum atomic E-state index is 0.462. The lowest BCUT2D eigenvalue weighted by molar-refractivity contribution is 0.457. The van der Waals surface area contributed by atoms with Crippen LogP contribution in [-0.2, 0) is 0 Å². The minimum Gasteiger partial charge on any atom is -0.313 e. The lowest BCUT2D eigenvalue weighted by atomic mass is 10.0. The molecule has 0 aromatic rings. The van der Waals surface area contributed by atoms with Crippen LogP contribution in [-0.4, -0.2) is 25.2 Å². The Balaban J connectivity index is 2.13. The van der Waals surface area contributed by atoms with Gasteiger partial charge in [0.1, 0.15) is 0 Å². The molecule has 90 valence electrons. The van der Waals surface area contributed by atoms with E-state index >= 15 is 0 Å². The van der Waals surface area contributed by atoms with E-state index in [2.05, 4.69) is 52.2 Å².